The van der Waals surface area contributed by atoms with Gasteiger partial charge in [0, 0.05) is 18.5 Å². The van der Waals surface area contributed by atoms with Gasteiger partial charge in [-0.05, 0) is 73.7 Å². The molecule has 6 heteroatoms. The van der Waals surface area contributed by atoms with Crippen molar-refractivity contribution in [3.05, 3.63) is 58.9 Å². The summed E-state index contributed by atoms with van der Waals surface area (Å²) in [6, 6.07) is 9.87. The van der Waals surface area contributed by atoms with Gasteiger partial charge in [-0.25, -0.2) is 8.78 Å². The predicted octanol–water partition coefficient (Wildman–Crippen LogP) is 4.59. The average molecular weight is 415 g/mol. The minimum absolute atomic E-state index is 0.0946. The lowest BCUT2D eigenvalue weighted by Gasteiger charge is -2.34. The van der Waals surface area contributed by atoms with Crippen molar-refractivity contribution in [2.45, 2.75) is 37.9 Å². The normalized spacial score (nSPS) is 22.2. The van der Waals surface area contributed by atoms with E-state index in [0.717, 1.165) is 38.0 Å². The van der Waals surface area contributed by atoms with Crippen LogP contribution in [0.15, 0.2) is 36.4 Å². The highest BCUT2D eigenvalue weighted by molar-refractivity contribution is 6.07. The molecular formula is C24H27F2NO3. The Balaban J connectivity index is 1.37. The number of hydrogen-bond acceptors (Lipinski definition) is 4. The van der Waals surface area contributed by atoms with Crippen molar-refractivity contribution in [2.24, 2.45) is 5.92 Å². The molecule has 0 aromatic heterocycles. The SMILES string of the molecule is COc1cc2c(cc1OC)C(=O)C(F)(CC1CCN(Cc3ccc(F)cc3)CC1)C2. The first-order valence-corrected chi connectivity index (χ1v) is 10.4. The maximum atomic E-state index is 15.8. The summed E-state index contributed by atoms with van der Waals surface area (Å²) in [5.41, 5.74) is 0.308. The molecular weight excluding hydrogens is 388 g/mol. The molecule has 2 aromatic rings. The molecule has 30 heavy (non-hydrogen) atoms. The Labute approximate surface area is 175 Å². The van der Waals surface area contributed by atoms with Crippen molar-refractivity contribution in [3.8, 4) is 11.5 Å². The van der Waals surface area contributed by atoms with E-state index in [-0.39, 0.29) is 24.6 Å². The van der Waals surface area contributed by atoms with Crippen molar-refractivity contribution in [3.63, 3.8) is 0 Å². The van der Waals surface area contributed by atoms with E-state index in [0.29, 0.717) is 22.6 Å². The van der Waals surface area contributed by atoms with Crippen LogP contribution in [0.2, 0.25) is 0 Å². The summed E-state index contributed by atoms with van der Waals surface area (Å²) in [7, 11) is 3.04. The Morgan fingerprint density at radius 1 is 1.07 bits per heavy atom. The summed E-state index contributed by atoms with van der Waals surface area (Å²) in [6.07, 6.45) is 2.04. The Bertz CT molecular complexity index is 923. The molecule has 4 nitrogen and oxygen atoms in total. The van der Waals surface area contributed by atoms with E-state index in [9.17, 15) is 9.18 Å². The molecule has 160 valence electrons. The number of likely N-dealkylation sites (tertiary alicyclic amines) is 1. The molecule has 0 radical (unpaired) electrons. The monoisotopic (exact) mass is 415 g/mol. The first-order chi connectivity index (χ1) is 14.4. The number of carbonyl (C=O) groups excluding carboxylic acids is 1. The zero-order chi connectivity index (χ0) is 21.3. The Kier molecular flexibility index (Phi) is 5.78. The third kappa shape index (κ3) is 4.06. The van der Waals surface area contributed by atoms with Crippen molar-refractivity contribution >= 4 is 5.78 Å². The first-order valence-electron chi connectivity index (χ1n) is 10.4. The van der Waals surface area contributed by atoms with Gasteiger partial charge < -0.3 is 9.47 Å². The van der Waals surface area contributed by atoms with Crippen LogP contribution in [0.25, 0.3) is 0 Å². The van der Waals surface area contributed by atoms with Gasteiger partial charge in [0.25, 0.3) is 0 Å². The van der Waals surface area contributed by atoms with Crippen LogP contribution in [0.1, 0.15) is 40.7 Å². The third-order valence-electron chi connectivity index (χ3n) is 6.37. The van der Waals surface area contributed by atoms with E-state index < -0.39 is 11.5 Å². The highest BCUT2D eigenvalue weighted by atomic mass is 19.1. The molecule has 2 aliphatic rings. The number of piperidine rings is 1. The van der Waals surface area contributed by atoms with E-state index in [2.05, 4.69) is 4.90 Å². The molecule has 0 saturated carbocycles. The summed E-state index contributed by atoms with van der Waals surface area (Å²) in [5.74, 6) is 0.460. The van der Waals surface area contributed by atoms with Crippen molar-refractivity contribution in [1.29, 1.82) is 0 Å². The van der Waals surface area contributed by atoms with Gasteiger partial charge in [0.05, 0.1) is 14.2 Å². The Morgan fingerprint density at radius 2 is 1.70 bits per heavy atom. The highest BCUT2D eigenvalue weighted by Crippen LogP contribution is 2.43. The smallest absolute Gasteiger partial charge is 0.200 e. The molecule has 1 aliphatic heterocycles. The van der Waals surface area contributed by atoms with Crippen molar-refractivity contribution in [2.75, 3.05) is 27.3 Å². The quantitative estimate of drug-likeness (QED) is 0.692. The molecule has 4 rings (SSSR count). The Hall–Kier alpha value is -2.47. The molecule has 0 spiro atoms. The van der Waals surface area contributed by atoms with Crippen LogP contribution >= 0.6 is 0 Å². The molecule has 2 aromatic carbocycles. The second-order valence-corrected chi connectivity index (χ2v) is 8.39. The average Bonchev–Trinajstić information content (AvgIpc) is 2.99. The number of Topliss-reactive ketones (excluding diaryl/α,β-unsaturated/α-hetero) is 1. The predicted molar refractivity (Wildman–Crippen MR) is 110 cm³/mol. The number of halogens is 2. The van der Waals surface area contributed by atoms with Crippen LogP contribution in [0.3, 0.4) is 0 Å². The van der Waals surface area contributed by atoms with Crippen LogP contribution in [0, 0.1) is 11.7 Å². The number of alkyl halides is 1. The fraction of sp³-hybridized carbons (Fsp3) is 0.458. The molecule has 1 heterocycles. The summed E-state index contributed by atoms with van der Waals surface area (Å²) in [6.45, 7) is 2.46. The fourth-order valence-electron chi connectivity index (χ4n) is 4.72. The number of ether oxygens (including phenoxy) is 2. The lowest BCUT2D eigenvalue weighted by Crippen LogP contribution is -2.38. The van der Waals surface area contributed by atoms with Gasteiger partial charge in [0.15, 0.2) is 17.2 Å². The number of fused-ring (bicyclic) bond motifs is 1. The van der Waals surface area contributed by atoms with Gasteiger partial charge >= 0.3 is 0 Å². The van der Waals surface area contributed by atoms with E-state index >= 15 is 4.39 Å². The molecule has 1 saturated heterocycles. The van der Waals surface area contributed by atoms with E-state index in [1.54, 1.807) is 24.3 Å². The zero-order valence-electron chi connectivity index (χ0n) is 17.4. The number of benzene rings is 2. The maximum absolute atomic E-state index is 15.8. The Morgan fingerprint density at radius 3 is 2.33 bits per heavy atom. The lowest BCUT2D eigenvalue weighted by atomic mass is 9.83. The summed E-state index contributed by atoms with van der Waals surface area (Å²) >= 11 is 0. The van der Waals surface area contributed by atoms with Crippen molar-refractivity contribution in [1.82, 2.24) is 4.90 Å². The van der Waals surface area contributed by atoms with Crippen LogP contribution in [-0.2, 0) is 13.0 Å². The summed E-state index contributed by atoms with van der Waals surface area (Å²) < 4.78 is 39.4. The third-order valence-corrected chi connectivity index (χ3v) is 6.37. The number of nitrogens with zero attached hydrogens (tertiary/aromatic N) is 1. The summed E-state index contributed by atoms with van der Waals surface area (Å²) in [4.78, 5) is 15.2. The van der Waals surface area contributed by atoms with Gasteiger partial charge in [-0.15, -0.1) is 0 Å². The van der Waals surface area contributed by atoms with Gasteiger partial charge in [-0.1, -0.05) is 12.1 Å². The van der Waals surface area contributed by atoms with Gasteiger partial charge in [-0.3, -0.25) is 9.69 Å². The molecule has 1 aliphatic carbocycles. The second-order valence-electron chi connectivity index (χ2n) is 8.39. The van der Waals surface area contributed by atoms with Gasteiger partial charge in [0.1, 0.15) is 5.82 Å². The minimum atomic E-state index is -1.86. The number of carbonyl (C=O) groups is 1. The van der Waals surface area contributed by atoms with E-state index in [4.69, 9.17) is 9.47 Å². The second kappa shape index (κ2) is 8.34. The number of ketones is 1. The van der Waals surface area contributed by atoms with E-state index in [1.807, 2.05) is 0 Å². The topological polar surface area (TPSA) is 38.8 Å². The fourth-order valence-corrected chi connectivity index (χ4v) is 4.72. The molecule has 0 N–H and O–H groups in total. The molecule has 0 amide bonds. The highest BCUT2D eigenvalue weighted by Gasteiger charge is 2.48. The van der Waals surface area contributed by atoms with E-state index in [1.165, 1.54) is 26.4 Å². The van der Waals surface area contributed by atoms with Gasteiger partial charge in [0.2, 0.25) is 5.78 Å². The van der Waals surface area contributed by atoms with Crippen LogP contribution in [-0.4, -0.2) is 43.7 Å². The first kappa shape index (κ1) is 20.8. The number of rotatable bonds is 6. The number of methoxy groups -OCH3 is 2. The minimum Gasteiger partial charge on any atom is -0.493 e. The standard InChI is InChI=1S/C24H27F2NO3/c1-29-21-11-18-14-24(26,23(28)20(18)12-22(21)30-2)13-16-7-9-27(10-8-16)15-17-3-5-19(25)6-4-17/h3-6,11-12,16H,7-10,13-15H2,1-2H3. The van der Waals surface area contributed by atoms with Crippen LogP contribution in [0.4, 0.5) is 8.78 Å². The summed E-state index contributed by atoms with van der Waals surface area (Å²) in [5, 5.41) is 0. The van der Waals surface area contributed by atoms with Crippen LogP contribution in [0.5, 0.6) is 11.5 Å². The molecule has 1 unspecified atom stereocenters. The molecule has 0 bridgehead atoms. The lowest BCUT2D eigenvalue weighted by molar-refractivity contribution is 0.0587. The number of hydrogen-bond donors (Lipinski definition) is 0. The maximum Gasteiger partial charge on any atom is 0.200 e. The molecule has 1 fully saturated rings. The zero-order valence-corrected chi connectivity index (χ0v) is 17.4. The van der Waals surface area contributed by atoms with Crippen LogP contribution < -0.4 is 9.47 Å². The van der Waals surface area contributed by atoms with Crippen molar-refractivity contribution < 1.29 is 23.0 Å². The van der Waals surface area contributed by atoms with Gasteiger partial charge in [-0.2, -0.15) is 0 Å². The largest absolute Gasteiger partial charge is 0.493 e. The molecule has 1 atom stereocenters.